The summed E-state index contributed by atoms with van der Waals surface area (Å²) in [7, 11) is 2.19. The van der Waals surface area contributed by atoms with E-state index >= 15 is 0 Å². The van der Waals surface area contributed by atoms with E-state index in [9.17, 15) is 0 Å². The van der Waals surface area contributed by atoms with Crippen molar-refractivity contribution < 1.29 is 8.98 Å². The quantitative estimate of drug-likeness (QED) is 0.190. The largest absolute Gasteiger partial charge is 0.455 e. The summed E-state index contributed by atoms with van der Waals surface area (Å²) in [5.74, 6) is 1.10. The average molecular weight is 540 g/mol. The van der Waals surface area contributed by atoms with Gasteiger partial charge in [0.25, 0.3) is 5.82 Å². The summed E-state index contributed by atoms with van der Waals surface area (Å²) in [6.45, 7) is 2.19. The molecule has 0 aliphatic carbocycles. The molecule has 0 saturated carbocycles. The van der Waals surface area contributed by atoms with Gasteiger partial charge >= 0.3 is 0 Å². The predicted octanol–water partition coefficient (Wildman–Crippen LogP) is 9.81. The minimum Gasteiger partial charge on any atom is -0.455 e. The van der Waals surface area contributed by atoms with Crippen LogP contribution in [0.3, 0.4) is 0 Å². The maximum atomic E-state index is 6.67. The Balaban J connectivity index is 1.66. The number of aryl methyl sites for hydroxylation is 2. The Morgan fingerprint density at radius 3 is 1.83 bits per heavy atom. The van der Waals surface area contributed by atoms with Crippen LogP contribution < -0.4 is 4.57 Å². The number of para-hydroxylation sites is 3. The van der Waals surface area contributed by atoms with Crippen LogP contribution in [-0.4, -0.2) is 4.40 Å². The number of imidazole rings is 1. The molecule has 3 heteroatoms. The molecule has 9 aromatic rings. The molecule has 0 atom stereocenters. The van der Waals surface area contributed by atoms with Gasteiger partial charge in [-0.15, -0.1) is 0 Å². The van der Waals surface area contributed by atoms with Crippen LogP contribution in [0.2, 0.25) is 0 Å². The van der Waals surface area contributed by atoms with Crippen molar-refractivity contribution in [1.29, 1.82) is 0 Å². The van der Waals surface area contributed by atoms with Crippen molar-refractivity contribution in [3.8, 4) is 11.4 Å². The van der Waals surface area contributed by atoms with E-state index in [0.29, 0.717) is 0 Å². The lowest BCUT2D eigenvalue weighted by Crippen LogP contribution is -2.30. The summed E-state index contributed by atoms with van der Waals surface area (Å²) in [6, 6.07) is 45.9. The topological polar surface area (TPSA) is 21.4 Å². The molecule has 0 amide bonds. The van der Waals surface area contributed by atoms with Crippen LogP contribution in [0, 0.1) is 6.92 Å². The Labute approximate surface area is 242 Å². The smallest absolute Gasteiger partial charge is 0.299 e. The van der Waals surface area contributed by atoms with Gasteiger partial charge in [-0.1, -0.05) is 103 Å². The van der Waals surface area contributed by atoms with Gasteiger partial charge in [-0.2, -0.15) is 4.40 Å². The third-order valence-electron chi connectivity index (χ3n) is 8.98. The van der Waals surface area contributed by atoms with Gasteiger partial charge in [0, 0.05) is 21.5 Å². The molecule has 3 aromatic heterocycles. The van der Waals surface area contributed by atoms with Crippen molar-refractivity contribution in [2.45, 2.75) is 6.92 Å². The summed E-state index contributed by atoms with van der Waals surface area (Å²) >= 11 is 0. The van der Waals surface area contributed by atoms with E-state index in [1.165, 1.54) is 48.9 Å². The van der Waals surface area contributed by atoms with E-state index in [0.717, 1.165) is 38.8 Å². The van der Waals surface area contributed by atoms with Gasteiger partial charge in [0.05, 0.1) is 7.05 Å². The first-order valence-corrected chi connectivity index (χ1v) is 14.4. The first-order valence-electron chi connectivity index (χ1n) is 14.4. The molecule has 0 radical (unpaired) electrons. The molecule has 0 N–H and O–H groups in total. The van der Waals surface area contributed by atoms with Crippen LogP contribution in [-0.2, 0) is 7.05 Å². The number of rotatable bonds is 1. The lowest BCUT2D eigenvalue weighted by molar-refractivity contribution is -0.633. The zero-order valence-electron chi connectivity index (χ0n) is 23.4. The highest BCUT2D eigenvalue weighted by atomic mass is 16.3. The van der Waals surface area contributed by atoms with Gasteiger partial charge in [0.1, 0.15) is 16.7 Å². The number of hydrogen-bond acceptors (Lipinski definition) is 1. The molecule has 6 aromatic carbocycles. The monoisotopic (exact) mass is 539 g/mol. The summed E-state index contributed by atoms with van der Waals surface area (Å²) in [6.07, 6.45) is 0. The SMILES string of the molecule is Cc1ccc2c(oc3ccccc32)c1-c1n2c3ccccc3c3ccccc3c3ccccc3c3cccc(c32)[n+]1C. The van der Waals surface area contributed by atoms with Gasteiger partial charge < -0.3 is 4.42 Å². The summed E-state index contributed by atoms with van der Waals surface area (Å²) in [5.41, 5.74) is 7.64. The zero-order valence-corrected chi connectivity index (χ0v) is 23.4. The number of nitrogens with zero attached hydrogens (tertiary/aromatic N) is 2. The standard InChI is InChI=1S/C39H27N2O/c1-24-22-23-32-30-17-8-10-21-35(30)42-38(32)36(24)39-40(2)34-20-11-18-31-28-15-6-4-13-26(28)25-12-3-5-14-27(25)29-16-7-9-19-33(29)41(39)37(31)34/h3-23H,1-2H3/q+1. The average Bonchev–Trinajstić information content (AvgIpc) is 3.56. The molecule has 3 nitrogen and oxygen atoms in total. The molecule has 198 valence electrons. The van der Waals surface area contributed by atoms with Crippen molar-refractivity contribution in [2.75, 3.05) is 0 Å². The van der Waals surface area contributed by atoms with E-state index in [-0.39, 0.29) is 0 Å². The normalized spacial score (nSPS) is 12.0. The number of aromatic nitrogens is 2. The zero-order chi connectivity index (χ0) is 27.9. The maximum absolute atomic E-state index is 6.67. The minimum absolute atomic E-state index is 0.909. The van der Waals surface area contributed by atoms with Gasteiger partial charge in [-0.25, -0.2) is 4.57 Å². The molecule has 0 fully saturated rings. The Kier molecular flexibility index (Phi) is 4.74. The summed E-state index contributed by atoms with van der Waals surface area (Å²) < 4.78 is 11.5. The van der Waals surface area contributed by atoms with Gasteiger partial charge in [0.2, 0.25) is 0 Å². The molecule has 3 heterocycles. The van der Waals surface area contributed by atoms with E-state index in [1.54, 1.807) is 0 Å². The van der Waals surface area contributed by atoms with E-state index in [1.807, 2.05) is 6.07 Å². The fraction of sp³-hybridized carbons (Fsp3) is 0.0513. The summed E-state index contributed by atoms with van der Waals surface area (Å²) in [4.78, 5) is 0. The number of benzene rings is 6. The van der Waals surface area contributed by atoms with Crippen LogP contribution in [0.5, 0.6) is 0 Å². The highest BCUT2D eigenvalue weighted by Crippen LogP contribution is 2.40. The molecule has 9 rings (SSSR count). The van der Waals surface area contributed by atoms with Crippen molar-refractivity contribution in [1.82, 2.24) is 4.40 Å². The van der Waals surface area contributed by atoms with E-state index in [4.69, 9.17) is 4.42 Å². The molecule has 0 aliphatic heterocycles. The van der Waals surface area contributed by atoms with Crippen molar-refractivity contribution in [3.05, 3.63) is 133 Å². The van der Waals surface area contributed by atoms with Crippen molar-refractivity contribution in [3.63, 3.8) is 0 Å². The molecule has 0 bridgehead atoms. The van der Waals surface area contributed by atoms with Gasteiger partial charge in [0.15, 0.2) is 16.6 Å². The Hall–Kier alpha value is -5.41. The second-order valence-corrected chi connectivity index (χ2v) is 11.2. The third-order valence-corrected chi connectivity index (χ3v) is 8.98. The second kappa shape index (κ2) is 8.55. The number of hydrogen-bond donors (Lipinski definition) is 0. The van der Waals surface area contributed by atoms with Crippen LogP contribution in [0.15, 0.2) is 132 Å². The molecule has 0 saturated heterocycles. The van der Waals surface area contributed by atoms with Crippen LogP contribution in [0.4, 0.5) is 0 Å². The number of furan rings is 1. The van der Waals surface area contributed by atoms with Gasteiger partial charge in [-0.3, -0.25) is 0 Å². The molecule has 0 aliphatic rings. The lowest BCUT2D eigenvalue weighted by atomic mass is 10.0. The highest BCUT2D eigenvalue weighted by Gasteiger charge is 2.29. The van der Waals surface area contributed by atoms with Crippen LogP contribution in [0.1, 0.15) is 5.56 Å². The van der Waals surface area contributed by atoms with E-state index in [2.05, 4.69) is 144 Å². The predicted molar refractivity (Wildman–Crippen MR) is 175 cm³/mol. The van der Waals surface area contributed by atoms with E-state index < -0.39 is 0 Å². The maximum Gasteiger partial charge on any atom is 0.299 e. The van der Waals surface area contributed by atoms with Crippen molar-refractivity contribution in [2.24, 2.45) is 7.05 Å². The molecule has 42 heavy (non-hydrogen) atoms. The first kappa shape index (κ1) is 23.3. The van der Waals surface area contributed by atoms with Crippen LogP contribution >= 0.6 is 0 Å². The fourth-order valence-electron chi connectivity index (χ4n) is 7.11. The second-order valence-electron chi connectivity index (χ2n) is 11.2. The van der Waals surface area contributed by atoms with Gasteiger partial charge in [-0.05, 0) is 58.3 Å². The highest BCUT2D eigenvalue weighted by molar-refractivity contribution is 6.21. The molecular weight excluding hydrogens is 512 g/mol. The lowest BCUT2D eigenvalue weighted by Gasteiger charge is -2.05. The molecule has 0 unspecified atom stereocenters. The molecular formula is C39H27N2O+. The Bertz CT molecular complexity index is 2600. The fourth-order valence-corrected chi connectivity index (χ4v) is 7.11. The Morgan fingerprint density at radius 2 is 1.10 bits per heavy atom. The minimum atomic E-state index is 0.909. The Morgan fingerprint density at radius 1 is 0.524 bits per heavy atom. The first-order chi connectivity index (χ1) is 20.7. The summed E-state index contributed by atoms with van der Waals surface area (Å²) in [5, 5.41) is 9.63. The van der Waals surface area contributed by atoms with Crippen molar-refractivity contribution >= 4 is 70.8 Å². The third kappa shape index (κ3) is 3.02. The number of fused-ring (bicyclic) bond motifs is 10. The van der Waals surface area contributed by atoms with Crippen LogP contribution in [0.25, 0.3) is 82.2 Å². The molecule has 0 spiro atoms.